The number of carbonyl (C=O) groups is 1. The van der Waals surface area contributed by atoms with Gasteiger partial charge in [-0.15, -0.1) is 0 Å². The van der Waals surface area contributed by atoms with Crippen LogP contribution in [0, 0.1) is 0 Å². The first kappa shape index (κ1) is 13.8. The van der Waals surface area contributed by atoms with E-state index in [0.29, 0.717) is 6.61 Å². The zero-order chi connectivity index (χ0) is 12.8. The lowest BCUT2D eigenvalue weighted by molar-refractivity contribution is 0.149. The number of amides is 1. The maximum absolute atomic E-state index is 11.3. The lowest BCUT2D eigenvalue weighted by Gasteiger charge is -2.15. The fourth-order valence-corrected chi connectivity index (χ4v) is 1.94. The molecule has 1 amide bonds. The second kappa shape index (κ2) is 6.49. The smallest absolute Gasteiger partial charge is 0.407 e. The van der Waals surface area contributed by atoms with Gasteiger partial charge in [-0.25, -0.2) is 4.79 Å². The number of nitrogens with one attached hydrogen (secondary N) is 1. The van der Waals surface area contributed by atoms with Crippen LogP contribution in [0.1, 0.15) is 25.5 Å². The maximum Gasteiger partial charge on any atom is 0.407 e. The highest BCUT2D eigenvalue weighted by Crippen LogP contribution is 2.27. The van der Waals surface area contributed by atoms with E-state index in [4.69, 9.17) is 9.47 Å². The Hall–Kier alpha value is -1.23. The van der Waals surface area contributed by atoms with Gasteiger partial charge in [0.1, 0.15) is 5.75 Å². The minimum atomic E-state index is -0.410. The normalized spacial score (nSPS) is 11.8. The van der Waals surface area contributed by atoms with Gasteiger partial charge < -0.3 is 14.8 Å². The van der Waals surface area contributed by atoms with Crippen molar-refractivity contribution in [3.05, 3.63) is 28.2 Å². The molecule has 1 aromatic carbocycles. The molecule has 1 aromatic rings. The van der Waals surface area contributed by atoms with Crippen LogP contribution in [0.4, 0.5) is 4.79 Å². The van der Waals surface area contributed by atoms with Gasteiger partial charge in [0.2, 0.25) is 0 Å². The van der Waals surface area contributed by atoms with Crippen LogP contribution in [0.5, 0.6) is 5.75 Å². The van der Waals surface area contributed by atoms with Crippen LogP contribution < -0.4 is 10.1 Å². The summed E-state index contributed by atoms with van der Waals surface area (Å²) < 4.78 is 10.8. The molecule has 4 nitrogen and oxygen atoms in total. The number of rotatable bonds is 4. The summed E-state index contributed by atoms with van der Waals surface area (Å²) in [7, 11) is 1.61. The largest absolute Gasteiger partial charge is 0.496 e. The van der Waals surface area contributed by atoms with Gasteiger partial charge in [0, 0.05) is 0 Å². The molecule has 94 valence electrons. The Morgan fingerprint density at radius 3 is 2.76 bits per heavy atom. The van der Waals surface area contributed by atoms with Gasteiger partial charge in [0.05, 0.1) is 24.2 Å². The first-order valence-electron chi connectivity index (χ1n) is 5.35. The van der Waals surface area contributed by atoms with E-state index in [0.717, 1.165) is 15.8 Å². The summed E-state index contributed by atoms with van der Waals surface area (Å²) >= 11 is 3.40. The van der Waals surface area contributed by atoms with Crippen molar-refractivity contribution in [3.8, 4) is 5.75 Å². The Balaban J connectivity index is 2.72. The Bertz CT molecular complexity index is 395. The minimum Gasteiger partial charge on any atom is -0.496 e. The van der Waals surface area contributed by atoms with Crippen LogP contribution >= 0.6 is 15.9 Å². The highest BCUT2D eigenvalue weighted by molar-refractivity contribution is 9.10. The van der Waals surface area contributed by atoms with Crippen LogP contribution in [0.25, 0.3) is 0 Å². The summed E-state index contributed by atoms with van der Waals surface area (Å²) in [6, 6.07) is 5.55. The standard InChI is InChI=1S/C12H16BrNO3/c1-4-17-12(15)14-8(2)9-5-6-11(16-3)10(13)7-9/h5-8H,4H2,1-3H3,(H,14,15)/t8-/m1/s1. The fourth-order valence-electron chi connectivity index (χ4n) is 1.38. The van der Waals surface area contributed by atoms with Gasteiger partial charge in [0.25, 0.3) is 0 Å². The average Bonchev–Trinajstić information content (AvgIpc) is 2.29. The molecule has 1 N–H and O–H groups in total. The number of halogens is 1. The Morgan fingerprint density at radius 1 is 1.53 bits per heavy atom. The molecule has 0 saturated heterocycles. The third kappa shape index (κ3) is 3.93. The van der Waals surface area contributed by atoms with Crippen LogP contribution in [-0.2, 0) is 4.74 Å². The van der Waals surface area contributed by atoms with E-state index in [1.54, 1.807) is 14.0 Å². The molecule has 0 radical (unpaired) electrons. The summed E-state index contributed by atoms with van der Waals surface area (Å²) in [6.45, 7) is 4.03. The summed E-state index contributed by atoms with van der Waals surface area (Å²) in [5.74, 6) is 0.761. The molecule has 0 aliphatic carbocycles. The quantitative estimate of drug-likeness (QED) is 0.928. The van der Waals surface area contributed by atoms with Gasteiger partial charge in [-0.2, -0.15) is 0 Å². The summed E-state index contributed by atoms with van der Waals surface area (Å²) in [5, 5.41) is 2.74. The molecule has 1 atom stereocenters. The Labute approximate surface area is 109 Å². The molecule has 0 aliphatic heterocycles. The molecule has 0 saturated carbocycles. The van der Waals surface area contributed by atoms with Crippen molar-refractivity contribution in [2.75, 3.05) is 13.7 Å². The van der Waals surface area contributed by atoms with Gasteiger partial charge in [-0.1, -0.05) is 6.07 Å². The van der Waals surface area contributed by atoms with E-state index in [2.05, 4.69) is 21.2 Å². The number of alkyl carbamates (subject to hydrolysis) is 1. The number of ether oxygens (including phenoxy) is 2. The molecule has 0 spiro atoms. The van der Waals surface area contributed by atoms with E-state index < -0.39 is 6.09 Å². The van der Waals surface area contributed by atoms with E-state index in [1.807, 2.05) is 25.1 Å². The van der Waals surface area contributed by atoms with Gasteiger partial charge in [-0.3, -0.25) is 0 Å². The molecule has 0 aromatic heterocycles. The first-order valence-corrected chi connectivity index (χ1v) is 6.14. The SMILES string of the molecule is CCOC(=O)N[C@H](C)c1ccc(OC)c(Br)c1. The zero-order valence-electron chi connectivity index (χ0n) is 10.1. The monoisotopic (exact) mass is 301 g/mol. The maximum atomic E-state index is 11.3. The molecule has 0 bridgehead atoms. The van der Waals surface area contributed by atoms with E-state index in [1.165, 1.54) is 0 Å². The van der Waals surface area contributed by atoms with E-state index in [9.17, 15) is 4.79 Å². The number of hydrogen-bond donors (Lipinski definition) is 1. The molecular weight excluding hydrogens is 286 g/mol. The second-order valence-electron chi connectivity index (χ2n) is 3.48. The van der Waals surface area contributed by atoms with Gasteiger partial charge in [-0.05, 0) is 47.5 Å². The molecule has 5 heteroatoms. The van der Waals surface area contributed by atoms with Crippen molar-refractivity contribution >= 4 is 22.0 Å². The Kier molecular flexibility index (Phi) is 5.28. The predicted molar refractivity (Wildman–Crippen MR) is 69.3 cm³/mol. The molecule has 0 unspecified atom stereocenters. The van der Waals surface area contributed by atoms with Crippen molar-refractivity contribution in [2.45, 2.75) is 19.9 Å². The van der Waals surface area contributed by atoms with Crippen LogP contribution in [-0.4, -0.2) is 19.8 Å². The third-order valence-corrected chi connectivity index (χ3v) is 2.91. The summed E-state index contributed by atoms with van der Waals surface area (Å²) in [6.07, 6.45) is -0.410. The zero-order valence-corrected chi connectivity index (χ0v) is 11.7. The summed E-state index contributed by atoms with van der Waals surface area (Å²) in [5.41, 5.74) is 0.978. The van der Waals surface area contributed by atoms with Crippen molar-refractivity contribution < 1.29 is 14.3 Å². The Morgan fingerprint density at radius 2 is 2.24 bits per heavy atom. The van der Waals surface area contributed by atoms with Gasteiger partial charge >= 0.3 is 6.09 Å². The van der Waals surface area contributed by atoms with Crippen molar-refractivity contribution in [3.63, 3.8) is 0 Å². The summed E-state index contributed by atoms with van der Waals surface area (Å²) in [4.78, 5) is 11.3. The fraction of sp³-hybridized carbons (Fsp3) is 0.417. The number of hydrogen-bond acceptors (Lipinski definition) is 3. The van der Waals surface area contributed by atoms with E-state index in [-0.39, 0.29) is 6.04 Å². The molecule has 0 fully saturated rings. The first-order chi connectivity index (χ1) is 8.08. The highest BCUT2D eigenvalue weighted by Gasteiger charge is 2.11. The lowest BCUT2D eigenvalue weighted by Crippen LogP contribution is -2.27. The van der Waals surface area contributed by atoms with E-state index >= 15 is 0 Å². The van der Waals surface area contributed by atoms with Gasteiger partial charge in [0.15, 0.2) is 0 Å². The topological polar surface area (TPSA) is 47.6 Å². The molecule has 0 heterocycles. The predicted octanol–water partition coefficient (Wildman–Crippen LogP) is 3.26. The average molecular weight is 302 g/mol. The third-order valence-electron chi connectivity index (χ3n) is 2.29. The highest BCUT2D eigenvalue weighted by atomic mass is 79.9. The number of benzene rings is 1. The molecule has 17 heavy (non-hydrogen) atoms. The van der Waals surface area contributed by atoms with Crippen LogP contribution in [0.2, 0.25) is 0 Å². The van der Waals surface area contributed by atoms with Crippen LogP contribution in [0.3, 0.4) is 0 Å². The second-order valence-corrected chi connectivity index (χ2v) is 4.33. The van der Waals surface area contributed by atoms with Crippen LogP contribution in [0.15, 0.2) is 22.7 Å². The van der Waals surface area contributed by atoms with Crippen molar-refractivity contribution in [1.29, 1.82) is 0 Å². The molecule has 0 aliphatic rings. The lowest BCUT2D eigenvalue weighted by atomic mass is 10.1. The number of methoxy groups -OCH3 is 1. The molecule has 1 rings (SSSR count). The van der Waals surface area contributed by atoms with Crippen molar-refractivity contribution in [2.24, 2.45) is 0 Å². The molecular formula is C12H16BrNO3. The number of carbonyl (C=O) groups excluding carboxylic acids is 1. The minimum absolute atomic E-state index is 0.115. The van der Waals surface area contributed by atoms with Crippen molar-refractivity contribution in [1.82, 2.24) is 5.32 Å².